The normalized spacial score (nSPS) is 18.6. The molecule has 0 amide bonds. The van der Waals surface area contributed by atoms with Crippen molar-refractivity contribution >= 4 is 10.8 Å². The van der Waals surface area contributed by atoms with Crippen molar-refractivity contribution in [1.29, 1.82) is 0 Å². The SMILES string of the molecule is CC1=CC(C)c2c(c(O)c3ccccc3c2O)C1. The molecule has 2 nitrogen and oxygen atoms in total. The number of fused-ring (bicyclic) bond motifs is 2. The fourth-order valence-corrected chi connectivity index (χ4v) is 2.99. The molecule has 2 N–H and O–H groups in total. The Hall–Kier alpha value is -1.96. The van der Waals surface area contributed by atoms with Crippen LogP contribution in [-0.2, 0) is 6.42 Å². The van der Waals surface area contributed by atoms with Gasteiger partial charge in [-0.15, -0.1) is 0 Å². The van der Waals surface area contributed by atoms with Crippen molar-refractivity contribution in [3.8, 4) is 11.5 Å². The van der Waals surface area contributed by atoms with Gasteiger partial charge in [-0.05, 0) is 13.3 Å². The Morgan fingerprint density at radius 2 is 1.67 bits per heavy atom. The molecular formula is C16H16O2. The van der Waals surface area contributed by atoms with Crippen LogP contribution in [-0.4, -0.2) is 10.2 Å². The van der Waals surface area contributed by atoms with Crippen LogP contribution in [0.3, 0.4) is 0 Å². The van der Waals surface area contributed by atoms with Crippen molar-refractivity contribution in [1.82, 2.24) is 0 Å². The van der Waals surface area contributed by atoms with E-state index >= 15 is 0 Å². The highest BCUT2D eigenvalue weighted by Gasteiger charge is 2.24. The summed E-state index contributed by atoms with van der Waals surface area (Å²) in [5.74, 6) is 0.775. The second-order valence-electron chi connectivity index (χ2n) is 5.11. The van der Waals surface area contributed by atoms with Gasteiger partial charge in [0.05, 0.1) is 0 Å². The molecule has 0 radical (unpaired) electrons. The topological polar surface area (TPSA) is 40.5 Å². The van der Waals surface area contributed by atoms with Gasteiger partial charge in [-0.3, -0.25) is 0 Å². The number of rotatable bonds is 0. The van der Waals surface area contributed by atoms with Gasteiger partial charge in [0, 0.05) is 27.8 Å². The first-order chi connectivity index (χ1) is 8.59. The lowest BCUT2D eigenvalue weighted by Gasteiger charge is -2.24. The van der Waals surface area contributed by atoms with Gasteiger partial charge in [-0.25, -0.2) is 0 Å². The van der Waals surface area contributed by atoms with Gasteiger partial charge in [-0.2, -0.15) is 0 Å². The molecule has 2 aromatic carbocycles. The first kappa shape index (κ1) is 11.1. The molecule has 0 bridgehead atoms. The van der Waals surface area contributed by atoms with Gasteiger partial charge in [-0.1, -0.05) is 42.8 Å². The zero-order valence-corrected chi connectivity index (χ0v) is 10.6. The number of allylic oxidation sites excluding steroid dienone is 2. The van der Waals surface area contributed by atoms with Gasteiger partial charge in [0.1, 0.15) is 11.5 Å². The van der Waals surface area contributed by atoms with E-state index in [1.54, 1.807) is 0 Å². The second kappa shape index (κ2) is 3.77. The van der Waals surface area contributed by atoms with E-state index in [2.05, 4.69) is 19.9 Å². The highest BCUT2D eigenvalue weighted by Crippen LogP contribution is 2.46. The Labute approximate surface area is 106 Å². The van der Waals surface area contributed by atoms with E-state index in [4.69, 9.17) is 0 Å². The maximum atomic E-state index is 10.4. The zero-order chi connectivity index (χ0) is 12.9. The third-order valence-electron chi connectivity index (χ3n) is 3.75. The summed E-state index contributed by atoms with van der Waals surface area (Å²) in [4.78, 5) is 0. The first-order valence-electron chi connectivity index (χ1n) is 6.22. The number of phenols is 2. The fraction of sp³-hybridized carbons (Fsp3) is 0.250. The summed E-state index contributed by atoms with van der Waals surface area (Å²) >= 11 is 0. The monoisotopic (exact) mass is 240 g/mol. The highest BCUT2D eigenvalue weighted by molar-refractivity contribution is 5.96. The van der Waals surface area contributed by atoms with Crippen LogP contribution in [0, 0.1) is 0 Å². The lowest BCUT2D eigenvalue weighted by Crippen LogP contribution is -2.06. The largest absolute Gasteiger partial charge is 0.507 e. The van der Waals surface area contributed by atoms with Crippen molar-refractivity contribution < 1.29 is 10.2 Å². The molecule has 1 aliphatic rings. The number of phenolic OH excluding ortho intramolecular Hbond substituents is 2. The van der Waals surface area contributed by atoms with Crippen LogP contribution < -0.4 is 0 Å². The maximum absolute atomic E-state index is 10.4. The molecule has 0 aliphatic heterocycles. The molecular weight excluding hydrogens is 224 g/mol. The van der Waals surface area contributed by atoms with E-state index in [1.807, 2.05) is 24.3 Å². The quantitative estimate of drug-likeness (QED) is 0.542. The van der Waals surface area contributed by atoms with Crippen LogP contribution in [0.1, 0.15) is 30.9 Å². The van der Waals surface area contributed by atoms with Gasteiger partial charge in [0.25, 0.3) is 0 Å². The summed E-state index contributed by atoms with van der Waals surface area (Å²) in [5.41, 5.74) is 2.98. The maximum Gasteiger partial charge on any atom is 0.127 e. The van der Waals surface area contributed by atoms with E-state index in [9.17, 15) is 10.2 Å². The molecule has 0 spiro atoms. The van der Waals surface area contributed by atoms with Gasteiger partial charge in [0.2, 0.25) is 0 Å². The molecule has 2 heteroatoms. The predicted molar refractivity (Wildman–Crippen MR) is 73.2 cm³/mol. The van der Waals surface area contributed by atoms with E-state index in [-0.39, 0.29) is 5.92 Å². The van der Waals surface area contributed by atoms with E-state index in [0.29, 0.717) is 17.9 Å². The molecule has 0 saturated heterocycles. The third-order valence-corrected chi connectivity index (χ3v) is 3.75. The zero-order valence-electron chi connectivity index (χ0n) is 10.6. The van der Waals surface area contributed by atoms with Gasteiger partial charge < -0.3 is 10.2 Å². The molecule has 1 unspecified atom stereocenters. The molecule has 18 heavy (non-hydrogen) atoms. The first-order valence-corrected chi connectivity index (χ1v) is 6.22. The summed E-state index contributed by atoms with van der Waals surface area (Å²) in [6, 6.07) is 7.46. The summed E-state index contributed by atoms with van der Waals surface area (Å²) in [6.45, 7) is 4.11. The number of aromatic hydroxyl groups is 2. The van der Waals surface area contributed by atoms with Crippen LogP contribution in [0.25, 0.3) is 10.8 Å². The predicted octanol–water partition coefficient (Wildman–Crippen LogP) is 3.86. The molecule has 1 aliphatic carbocycles. The number of hydrogen-bond acceptors (Lipinski definition) is 2. The molecule has 1 atom stereocenters. The average Bonchev–Trinajstić information content (AvgIpc) is 2.35. The smallest absolute Gasteiger partial charge is 0.127 e. The summed E-state index contributed by atoms with van der Waals surface area (Å²) in [7, 11) is 0. The van der Waals surface area contributed by atoms with Crippen molar-refractivity contribution in [3.63, 3.8) is 0 Å². The highest BCUT2D eigenvalue weighted by atomic mass is 16.3. The van der Waals surface area contributed by atoms with E-state index < -0.39 is 0 Å². The minimum atomic E-state index is 0.143. The standard InChI is InChI=1S/C16H16O2/c1-9-7-10(2)14-13(8-9)15(17)11-5-3-4-6-12(11)16(14)18/h3-7,10,17-18H,8H2,1-2H3. The van der Waals surface area contributed by atoms with Crippen molar-refractivity contribution in [3.05, 3.63) is 47.0 Å². The Morgan fingerprint density at radius 1 is 1.06 bits per heavy atom. The van der Waals surface area contributed by atoms with Crippen molar-refractivity contribution in [2.24, 2.45) is 0 Å². The Balaban J connectivity index is 2.43. The van der Waals surface area contributed by atoms with Crippen LogP contribution in [0.15, 0.2) is 35.9 Å². The van der Waals surface area contributed by atoms with Crippen LogP contribution in [0.5, 0.6) is 11.5 Å². The average molecular weight is 240 g/mol. The number of hydrogen-bond donors (Lipinski definition) is 2. The minimum Gasteiger partial charge on any atom is -0.507 e. The third kappa shape index (κ3) is 1.42. The van der Waals surface area contributed by atoms with Gasteiger partial charge in [0.15, 0.2) is 0 Å². The lowest BCUT2D eigenvalue weighted by molar-refractivity contribution is 0.455. The lowest BCUT2D eigenvalue weighted by atomic mass is 9.82. The van der Waals surface area contributed by atoms with E-state index in [1.165, 1.54) is 5.57 Å². The molecule has 92 valence electrons. The molecule has 2 aromatic rings. The van der Waals surface area contributed by atoms with Crippen molar-refractivity contribution in [2.45, 2.75) is 26.2 Å². The van der Waals surface area contributed by atoms with Gasteiger partial charge >= 0.3 is 0 Å². The summed E-state index contributed by atoms with van der Waals surface area (Å²) in [5, 5.41) is 22.3. The van der Waals surface area contributed by atoms with Crippen LogP contribution in [0.2, 0.25) is 0 Å². The minimum absolute atomic E-state index is 0.143. The second-order valence-corrected chi connectivity index (χ2v) is 5.11. The molecule has 0 saturated carbocycles. The molecule has 0 aromatic heterocycles. The Bertz CT molecular complexity index is 668. The fourth-order valence-electron chi connectivity index (χ4n) is 2.99. The number of benzene rings is 2. The van der Waals surface area contributed by atoms with Crippen molar-refractivity contribution in [2.75, 3.05) is 0 Å². The molecule has 3 rings (SSSR count). The van der Waals surface area contributed by atoms with Crippen LogP contribution >= 0.6 is 0 Å². The molecule has 0 fully saturated rings. The van der Waals surface area contributed by atoms with Crippen LogP contribution in [0.4, 0.5) is 0 Å². The molecule has 0 heterocycles. The summed E-state index contributed by atoms with van der Waals surface area (Å²) in [6.07, 6.45) is 2.86. The van der Waals surface area contributed by atoms with E-state index in [0.717, 1.165) is 21.9 Å². The summed E-state index contributed by atoms with van der Waals surface area (Å²) < 4.78 is 0. The Morgan fingerprint density at radius 3 is 2.33 bits per heavy atom. The Kier molecular flexibility index (Phi) is 2.34.